The lowest BCUT2D eigenvalue weighted by molar-refractivity contribution is 0.114. The van der Waals surface area contributed by atoms with Crippen molar-refractivity contribution in [1.82, 2.24) is 10.1 Å². The van der Waals surface area contributed by atoms with E-state index < -0.39 is 0 Å². The van der Waals surface area contributed by atoms with Gasteiger partial charge in [-0.1, -0.05) is 24.2 Å². The first-order chi connectivity index (χ1) is 9.28. The molecular weight excluding hydrogens is 242 g/mol. The van der Waals surface area contributed by atoms with E-state index in [1.807, 2.05) is 24.3 Å². The molecule has 0 saturated carbocycles. The maximum absolute atomic E-state index is 5.73. The first-order valence-corrected chi connectivity index (χ1v) is 6.51. The lowest BCUT2D eigenvalue weighted by Crippen LogP contribution is -1.97. The molecule has 0 aliphatic heterocycles. The van der Waals surface area contributed by atoms with Crippen molar-refractivity contribution in [2.75, 3.05) is 12.3 Å². The summed E-state index contributed by atoms with van der Waals surface area (Å²) in [6, 6.07) is 7.82. The zero-order chi connectivity index (χ0) is 13.5. The van der Waals surface area contributed by atoms with Crippen LogP contribution in [0.5, 0.6) is 0 Å². The Morgan fingerprint density at radius 2 is 2.21 bits per heavy atom. The molecule has 2 aromatic rings. The predicted molar refractivity (Wildman–Crippen MR) is 72.5 cm³/mol. The highest BCUT2D eigenvalue weighted by Crippen LogP contribution is 2.10. The molecule has 5 nitrogen and oxygen atoms in total. The minimum absolute atomic E-state index is 0.412. The van der Waals surface area contributed by atoms with Gasteiger partial charge in [0.2, 0.25) is 5.89 Å². The van der Waals surface area contributed by atoms with Crippen molar-refractivity contribution in [3.8, 4) is 0 Å². The molecule has 1 aromatic carbocycles. The second-order valence-corrected chi connectivity index (χ2v) is 4.40. The SMILES string of the molecule is CCCOCc1noc(CCc2cccc(N)c2)n1. The molecule has 0 saturated heterocycles. The fourth-order valence-corrected chi connectivity index (χ4v) is 1.76. The second kappa shape index (κ2) is 6.89. The minimum atomic E-state index is 0.412. The van der Waals surface area contributed by atoms with Crippen molar-refractivity contribution in [3.05, 3.63) is 41.5 Å². The summed E-state index contributed by atoms with van der Waals surface area (Å²) in [5, 5.41) is 3.88. The van der Waals surface area contributed by atoms with Crippen LogP contribution in [-0.2, 0) is 24.2 Å². The van der Waals surface area contributed by atoms with Crippen molar-refractivity contribution in [1.29, 1.82) is 0 Å². The lowest BCUT2D eigenvalue weighted by Gasteiger charge is -1.99. The van der Waals surface area contributed by atoms with Crippen LogP contribution in [0.4, 0.5) is 5.69 Å². The Balaban J connectivity index is 1.83. The number of nitrogens with zero attached hydrogens (tertiary/aromatic N) is 2. The number of ether oxygens (including phenoxy) is 1. The molecule has 1 heterocycles. The van der Waals surface area contributed by atoms with Crippen LogP contribution in [0, 0.1) is 0 Å². The van der Waals surface area contributed by atoms with Gasteiger partial charge in [0.05, 0.1) is 0 Å². The summed E-state index contributed by atoms with van der Waals surface area (Å²) in [7, 11) is 0. The average Bonchev–Trinajstić information content (AvgIpc) is 2.85. The van der Waals surface area contributed by atoms with Gasteiger partial charge in [0, 0.05) is 18.7 Å². The zero-order valence-electron chi connectivity index (χ0n) is 11.1. The maximum atomic E-state index is 5.73. The number of benzene rings is 1. The Labute approximate surface area is 112 Å². The Morgan fingerprint density at radius 3 is 3.00 bits per heavy atom. The van der Waals surface area contributed by atoms with Gasteiger partial charge >= 0.3 is 0 Å². The Hall–Kier alpha value is -1.88. The van der Waals surface area contributed by atoms with E-state index in [-0.39, 0.29) is 0 Å². The van der Waals surface area contributed by atoms with E-state index in [9.17, 15) is 0 Å². The van der Waals surface area contributed by atoms with E-state index in [2.05, 4.69) is 17.1 Å². The predicted octanol–water partition coefficient (Wildman–Crippen LogP) is 2.36. The van der Waals surface area contributed by atoms with E-state index in [1.165, 1.54) is 5.56 Å². The highest BCUT2D eigenvalue weighted by atomic mass is 16.5. The van der Waals surface area contributed by atoms with Gasteiger partial charge in [-0.25, -0.2) is 0 Å². The van der Waals surface area contributed by atoms with Crippen LogP contribution in [0.1, 0.15) is 30.6 Å². The Morgan fingerprint density at radius 1 is 1.32 bits per heavy atom. The monoisotopic (exact) mass is 261 g/mol. The van der Waals surface area contributed by atoms with Crippen molar-refractivity contribution >= 4 is 5.69 Å². The first kappa shape index (κ1) is 13.5. The number of hydrogen-bond donors (Lipinski definition) is 1. The van der Waals surface area contributed by atoms with Crippen LogP contribution in [0.3, 0.4) is 0 Å². The summed E-state index contributed by atoms with van der Waals surface area (Å²) in [6.07, 6.45) is 2.53. The summed E-state index contributed by atoms with van der Waals surface area (Å²) in [5.41, 5.74) is 7.67. The highest BCUT2D eigenvalue weighted by Gasteiger charge is 2.06. The van der Waals surface area contributed by atoms with Crippen LogP contribution < -0.4 is 5.73 Å². The molecule has 2 rings (SSSR count). The molecule has 102 valence electrons. The summed E-state index contributed by atoms with van der Waals surface area (Å²) in [5.74, 6) is 1.24. The molecule has 0 aliphatic carbocycles. The van der Waals surface area contributed by atoms with Gasteiger partial charge < -0.3 is 15.0 Å². The van der Waals surface area contributed by atoms with Gasteiger partial charge in [-0.15, -0.1) is 0 Å². The van der Waals surface area contributed by atoms with Gasteiger partial charge in [0.1, 0.15) is 6.61 Å². The molecular formula is C14H19N3O2. The molecule has 19 heavy (non-hydrogen) atoms. The molecule has 5 heteroatoms. The number of hydrogen-bond acceptors (Lipinski definition) is 5. The smallest absolute Gasteiger partial charge is 0.227 e. The van der Waals surface area contributed by atoms with E-state index in [0.717, 1.165) is 18.5 Å². The number of anilines is 1. The van der Waals surface area contributed by atoms with Crippen molar-refractivity contribution in [3.63, 3.8) is 0 Å². The third-order valence-corrected chi connectivity index (χ3v) is 2.67. The minimum Gasteiger partial charge on any atom is -0.399 e. The summed E-state index contributed by atoms with van der Waals surface area (Å²) < 4.78 is 10.5. The highest BCUT2D eigenvalue weighted by molar-refractivity contribution is 5.40. The number of rotatable bonds is 7. The normalized spacial score (nSPS) is 10.8. The molecule has 0 amide bonds. The second-order valence-electron chi connectivity index (χ2n) is 4.40. The van der Waals surface area contributed by atoms with E-state index in [4.69, 9.17) is 15.0 Å². The summed E-state index contributed by atoms with van der Waals surface area (Å²) in [6.45, 7) is 3.19. The molecule has 1 aromatic heterocycles. The third kappa shape index (κ3) is 4.37. The van der Waals surface area contributed by atoms with Crippen molar-refractivity contribution in [2.45, 2.75) is 32.8 Å². The number of aromatic nitrogens is 2. The average molecular weight is 261 g/mol. The Bertz CT molecular complexity index is 511. The van der Waals surface area contributed by atoms with Crippen LogP contribution in [-0.4, -0.2) is 16.7 Å². The molecule has 0 radical (unpaired) electrons. The maximum Gasteiger partial charge on any atom is 0.227 e. The van der Waals surface area contributed by atoms with E-state index in [0.29, 0.717) is 31.3 Å². The van der Waals surface area contributed by atoms with Gasteiger partial charge in [0.25, 0.3) is 0 Å². The molecule has 0 fully saturated rings. The lowest BCUT2D eigenvalue weighted by atomic mass is 10.1. The van der Waals surface area contributed by atoms with Gasteiger partial charge in [-0.2, -0.15) is 4.98 Å². The van der Waals surface area contributed by atoms with Crippen molar-refractivity contribution < 1.29 is 9.26 Å². The molecule has 0 aliphatic rings. The molecule has 0 spiro atoms. The standard InChI is InChI=1S/C14H19N3O2/c1-2-8-18-10-13-16-14(19-17-13)7-6-11-4-3-5-12(15)9-11/h3-5,9H,2,6-8,10,15H2,1H3. The molecule has 0 unspecified atom stereocenters. The van der Waals surface area contributed by atoms with Crippen LogP contribution >= 0.6 is 0 Å². The first-order valence-electron chi connectivity index (χ1n) is 6.51. The quantitative estimate of drug-likeness (QED) is 0.611. The fraction of sp³-hybridized carbons (Fsp3) is 0.429. The van der Waals surface area contributed by atoms with Crippen LogP contribution in [0.25, 0.3) is 0 Å². The van der Waals surface area contributed by atoms with E-state index >= 15 is 0 Å². The van der Waals surface area contributed by atoms with Gasteiger partial charge in [0.15, 0.2) is 5.82 Å². The van der Waals surface area contributed by atoms with Crippen molar-refractivity contribution in [2.24, 2.45) is 0 Å². The third-order valence-electron chi connectivity index (χ3n) is 2.67. The van der Waals surface area contributed by atoms with Gasteiger partial charge in [-0.3, -0.25) is 0 Å². The zero-order valence-corrected chi connectivity index (χ0v) is 11.1. The molecule has 2 N–H and O–H groups in total. The topological polar surface area (TPSA) is 74.2 Å². The number of nitrogen functional groups attached to an aromatic ring is 1. The molecule has 0 atom stereocenters. The number of nitrogens with two attached hydrogens (primary N) is 1. The summed E-state index contributed by atoms with van der Waals surface area (Å²) >= 11 is 0. The Kier molecular flexibility index (Phi) is 4.92. The molecule has 0 bridgehead atoms. The van der Waals surface area contributed by atoms with E-state index in [1.54, 1.807) is 0 Å². The summed E-state index contributed by atoms with van der Waals surface area (Å²) in [4.78, 5) is 4.29. The van der Waals surface area contributed by atoms with Crippen LogP contribution in [0.15, 0.2) is 28.8 Å². The number of aryl methyl sites for hydroxylation is 2. The van der Waals surface area contributed by atoms with Crippen LogP contribution in [0.2, 0.25) is 0 Å². The fourth-order valence-electron chi connectivity index (χ4n) is 1.76. The largest absolute Gasteiger partial charge is 0.399 e. The van der Waals surface area contributed by atoms with Gasteiger partial charge in [-0.05, 0) is 30.5 Å².